The van der Waals surface area contributed by atoms with Crippen LogP contribution < -0.4 is 16.3 Å². The molecule has 0 atom stereocenters. The van der Waals surface area contributed by atoms with Gasteiger partial charge in [-0.1, -0.05) is 18.2 Å². The first kappa shape index (κ1) is 15.9. The van der Waals surface area contributed by atoms with Gasteiger partial charge in [0.05, 0.1) is 15.9 Å². The maximum atomic E-state index is 12.1. The Bertz CT molecular complexity index is 1220. The number of benzene rings is 2. The number of sulfonamides is 1. The van der Waals surface area contributed by atoms with E-state index in [4.69, 9.17) is 10.2 Å². The average Bonchev–Trinajstić information content (AvgIpc) is 2.49. The first-order valence-electron chi connectivity index (χ1n) is 6.63. The Kier molecular flexibility index (Phi) is 3.50. The fourth-order valence-corrected chi connectivity index (χ4v) is 3.39. The first-order chi connectivity index (χ1) is 11.2. The molecule has 24 heavy (non-hydrogen) atoms. The van der Waals surface area contributed by atoms with Crippen molar-refractivity contribution in [1.82, 2.24) is 9.55 Å². The molecule has 124 valence electrons. The van der Waals surface area contributed by atoms with Crippen LogP contribution >= 0.6 is 0 Å². The molecule has 0 spiro atoms. The lowest BCUT2D eigenvalue weighted by Crippen LogP contribution is -2.37. The van der Waals surface area contributed by atoms with Gasteiger partial charge in [-0.2, -0.15) is 0 Å². The molecule has 4 N–H and O–H groups in total. The highest BCUT2D eigenvalue weighted by atomic mass is 32.2. The molecular formula is C14H11N3O6S. The van der Waals surface area contributed by atoms with Crippen molar-refractivity contribution in [3.63, 3.8) is 0 Å². The van der Waals surface area contributed by atoms with Crippen molar-refractivity contribution in [2.24, 2.45) is 5.14 Å². The Labute approximate surface area is 134 Å². The van der Waals surface area contributed by atoms with Gasteiger partial charge in [0, 0.05) is 10.8 Å². The van der Waals surface area contributed by atoms with Crippen LogP contribution in [0.25, 0.3) is 21.8 Å². The highest BCUT2D eigenvalue weighted by Gasteiger charge is 2.17. The Morgan fingerprint density at radius 2 is 1.88 bits per heavy atom. The van der Waals surface area contributed by atoms with E-state index >= 15 is 0 Å². The number of nitrogens with two attached hydrogens (primary N) is 1. The standard InChI is InChI=1S/C14H11N3O6S/c15-24(22,23)10-3-1-2-8-7(10)4-5-9-12(8)17(6-11(18)19)14(21)13(20)16-9/h1-5H,6H2,(H,16,20)(H,18,19)(H2,15,22,23). The van der Waals surface area contributed by atoms with Crippen molar-refractivity contribution in [3.8, 4) is 0 Å². The van der Waals surface area contributed by atoms with Gasteiger partial charge >= 0.3 is 17.1 Å². The van der Waals surface area contributed by atoms with Gasteiger partial charge in [0.25, 0.3) is 0 Å². The maximum absolute atomic E-state index is 12.1. The fourth-order valence-electron chi connectivity index (χ4n) is 2.64. The largest absolute Gasteiger partial charge is 0.480 e. The van der Waals surface area contributed by atoms with Crippen molar-refractivity contribution in [3.05, 3.63) is 51.0 Å². The zero-order valence-corrected chi connectivity index (χ0v) is 12.8. The number of aromatic amines is 1. The lowest BCUT2D eigenvalue weighted by Gasteiger charge is -2.12. The van der Waals surface area contributed by atoms with E-state index in [9.17, 15) is 22.8 Å². The molecule has 3 aromatic rings. The van der Waals surface area contributed by atoms with Crippen LogP contribution in [0.3, 0.4) is 0 Å². The van der Waals surface area contributed by atoms with E-state index in [1.807, 2.05) is 0 Å². The molecule has 0 radical (unpaired) electrons. The van der Waals surface area contributed by atoms with Crippen LogP contribution in [-0.4, -0.2) is 29.0 Å². The summed E-state index contributed by atoms with van der Waals surface area (Å²) in [6, 6.07) is 7.06. The Morgan fingerprint density at radius 3 is 2.50 bits per heavy atom. The van der Waals surface area contributed by atoms with E-state index in [1.165, 1.54) is 30.3 Å². The van der Waals surface area contributed by atoms with E-state index in [2.05, 4.69) is 4.98 Å². The van der Waals surface area contributed by atoms with Gasteiger partial charge in [0.15, 0.2) is 0 Å². The van der Waals surface area contributed by atoms with Crippen LogP contribution in [0, 0.1) is 0 Å². The van der Waals surface area contributed by atoms with Crippen LogP contribution in [0.4, 0.5) is 0 Å². The molecular weight excluding hydrogens is 338 g/mol. The number of hydrogen-bond donors (Lipinski definition) is 3. The monoisotopic (exact) mass is 349 g/mol. The summed E-state index contributed by atoms with van der Waals surface area (Å²) in [7, 11) is -4.03. The molecule has 1 heterocycles. The number of H-pyrrole nitrogens is 1. The lowest BCUT2D eigenvalue weighted by atomic mass is 10.1. The van der Waals surface area contributed by atoms with Crippen molar-refractivity contribution < 1.29 is 18.3 Å². The van der Waals surface area contributed by atoms with Gasteiger partial charge in [-0.15, -0.1) is 0 Å². The summed E-state index contributed by atoms with van der Waals surface area (Å²) >= 11 is 0. The zero-order chi connectivity index (χ0) is 17.6. The highest BCUT2D eigenvalue weighted by Crippen LogP contribution is 2.27. The molecule has 0 aliphatic carbocycles. The fraction of sp³-hybridized carbons (Fsp3) is 0.0714. The van der Waals surface area contributed by atoms with Gasteiger partial charge < -0.3 is 10.1 Å². The molecule has 0 fully saturated rings. The topological polar surface area (TPSA) is 152 Å². The second kappa shape index (κ2) is 5.28. The SMILES string of the molecule is NS(=O)(=O)c1cccc2c1ccc1[nH]c(=O)c(=O)n(CC(=O)O)c12. The highest BCUT2D eigenvalue weighted by molar-refractivity contribution is 7.89. The minimum Gasteiger partial charge on any atom is -0.480 e. The third-order valence-electron chi connectivity index (χ3n) is 3.55. The van der Waals surface area contributed by atoms with E-state index in [1.54, 1.807) is 0 Å². The molecule has 0 aliphatic heterocycles. The normalized spacial score (nSPS) is 11.9. The van der Waals surface area contributed by atoms with Crippen molar-refractivity contribution in [1.29, 1.82) is 0 Å². The van der Waals surface area contributed by atoms with Crippen molar-refractivity contribution in [2.75, 3.05) is 0 Å². The van der Waals surface area contributed by atoms with E-state index in [0.29, 0.717) is 0 Å². The first-order valence-corrected chi connectivity index (χ1v) is 8.18. The lowest BCUT2D eigenvalue weighted by molar-refractivity contribution is -0.137. The molecule has 0 amide bonds. The summed E-state index contributed by atoms with van der Waals surface area (Å²) < 4.78 is 24.2. The number of nitrogens with zero attached hydrogens (tertiary/aromatic N) is 1. The van der Waals surface area contributed by atoms with Crippen molar-refractivity contribution >= 4 is 37.8 Å². The molecule has 10 heteroatoms. The van der Waals surface area contributed by atoms with E-state index in [-0.39, 0.29) is 26.7 Å². The summed E-state index contributed by atoms with van der Waals surface area (Å²) in [6.07, 6.45) is 0. The van der Waals surface area contributed by atoms with Crippen molar-refractivity contribution in [2.45, 2.75) is 11.4 Å². The number of carboxylic acid groups (broad SMARTS) is 1. The summed E-state index contributed by atoms with van der Waals surface area (Å²) in [6.45, 7) is -0.738. The number of rotatable bonds is 3. The van der Waals surface area contributed by atoms with Gasteiger partial charge in [0.1, 0.15) is 6.54 Å². The molecule has 9 nitrogen and oxygen atoms in total. The number of carbonyl (C=O) groups is 1. The summed E-state index contributed by atoms with van der Waals surface area (Å²) in [4.78, 5) is 37.0. The van der Waals surface area contributed by atoms with Gasteiger partial charge in [0.2, 0.25) is 10.0 Å². The van der Waals surface area contributed by atoms with E-state index in [0.717, 1.165) is 4.57 Å². The number of carboxylic acids is 1. The van der Waals surface area contributed by atoms with Crippen LogP contribution in [0.1, 0.15) is 0 Å². The van der Waals surface area contributed by atoms with Crippen LogP contribution in [0.2, 0.25) is 0 Å². The summed E-state index contributed by atoms with van der Waals surface area (Å²) in [5.41, 5.74) is -1.69. The minimum absolute atomic E-state index is 0.116. The predicted molar refractivity (Wildman–Crippen MR) is 85.3 cm³/mol. The average molecular weight is 349 g/mol. The third kappa shape index (κ3) is 2.47. The smallest absolute Gasteiger partial charge is 0.323 e. The summed E-state index contributed by atoms with van der Waals surface area (Å²) in [5, 5.41) is 14.7. The third-order valence-corrected chi connectivity index (χ3v) is 4.52. The number of aromatic nitrogens is 2. The number of aliphatic carboxylic acids is 1. The molecule has 0 bridgehead atoms. The molecule has 3 rings (SSSR count). The minimum atomic E-state index is -4.03. The Morgan fingerprint density at radius 1 is 1.17 bits per heavy atom. The van der Waals surface area contributed by atoms with Gasteiger partial charge in [-0.25, -0.2) is 13.6 Å². The number of fused-ring (bicyclic) bond motifs is 3. The van der Waals surface area contributed by atoms with Crippen LogP contribution in [0.15, 0.2) is 44.8 Å². The second-order valence-electron chi connectivity index (χ2n) is 5.10. The zero-order valence-electron chi connectivity index (χ0n) is 12.0. The van der Waals surface area contributed by atoms with E-state index < -0.39 is 33.7 Å². The maximum Gasteiger partial charge on any atom is 0.323 e. The Hall–Kier alpha value is -2.98. The molecule has 0 unspecified atom stereocenters. The number of nitrogens with one attached hydrogen (secondary N) is 1. The number of hydrogen-bond acceptors (Lipinski definition) is 5. The van der Waals surface area contributed by atoms with Gasteiger partial charge in [-0.3, -0.25) is 19.0 Å². The molecule has 0 saturated heterocycles. The molecule has 1 aromatic heterocycles. The Balaban J connectivity index is 2.61. The second-order valence-corrected chi connectivity index (χ2v) is 6.63. The summed E-state index contributed by atoms with van der Waals surface area (Å²) in [5.74, 6) is -1.32. The van der Waals surface area contributed by atoms with Crippen LogP contribution in [0.5, 0.6) is 0 Å². The molecule has 0 saturated carbocycles. The number of primary sulfonamides is 1. The molecule has 0 aliphatic rings. The van der Waals surface area contributed by atoms with Crippen LogP contribution in [-0.2, 0) is 21.4 Å². The quantitative estimate of drug-likeness (QED) is 0.431. The van der Waals surface area contributed by atoms with Gasteiger partial charge in [-0.05, 0) is 12.1 Å². The predicted octanol–water partition coefficient (Wildman–Crippen LogP) is -0.425. The molecule has 2 aromatic carbocycles.